The lowest BCUT2D eigenvalue weighted by Crippen LogP contribution is -1.99. The second-order valence-electron chi connectivity index (χ2n) is 5.35. The van der Waals surface area contributed by atoms with Gasteiger partial charge >= 0.3 is 0 Å². The molecule has 1 aliphatic heterocycles. The fraction of sp³-hybridized carbons (Fsp3) is 0.312. The van der Waals surface area contributed by atoms with Gasteiger partial charge in [-0.1, -0.05) is 23.4 Å². The van der Waals surface area contributed by atoms with Crippen molar-refractivity contribution in [2.75, 3.05) is 13.2 Å². The molecule has 21 heavy (non-hydrogen) atoms. The van der Waals surface area contributed by atoms with Crippen LogP contribution in [0.15, 0.2) is 34.9 Å². The van der Waals surface area contributed by atoms with E-state index in [2.05, 4.69) is 15.1 Å². The van der Waals surface area contributed by atoms with Crippen molar-refractivity contribution in [2.24, 2.45) is 0 Å². The molecule has 4 rings (SSSR count). The van der Waals surface area contributed by atoms with Crippen LogP contribution in [0.3, 0.4) is 0 Å². The fourth-order valence-electron chi connectivity index (χ4n) is 2.73. The third-order valence-corrected chi connectivity index (χ3v) is 3.81. The van der Waals surface area contributed by atoms with E-state index in [-0.39, 0.29) is 5.92 Å². The van der Waals surface area contributed by atoms with Crippen molar-refractivity contribution in [1.82, 2.24) is 15.1 Å². The number of aromatic nitrogens is 3. The van der Waals surface area contributed by atoms with Crippen molar-refractivity contribution in [3.63, 3.8) is 0 Å². The first kappa shape index (κ1) is 12.5. The van der Waals surface area contributed by atoms with Gasteiger partial charge in [0.15, 0.2) is 5.82 Å². The zero-order chi connectivity index (χ0) is 14.2. The monoisotopic (exact) mass is 281 g/mol. The highest BCUT2D eigenvalue weighted by Gasteiger charge is 2.24. The number of ether oxygens (including phenoxy) is 1. The third-order valence-electron chi connectivity index (χ3n) is 3.81. The minimum absolute atomic E-state index is 0.247. The van der Waals surface area contributed by atoms with Crippen molar-refractivity contribution in [1.29, 1.82) is 0 Å². The van der Waals surface area contributed by atoms with E-state index in [0.717, 1.165) is 41.0 Å². The largest absolute Gasteiger partial charge is 0.381 e. The molecule has 0 N–H and O–H groups in total. The van der Waals surface area contributed by atoms with Crippen LogP contribution in [0.2, 0.25) is 0 Å². The van der Waals surface area contributed by atoms with Crippen LogP contribution in [-0.4, -0.2) is 28.3 Å². The zero-order valence-electron chi connectivity index (χ0n) is 11.7. The van der Waals surface area contributed by atoms with Gasteiger partial charge in [0, 0.05) is 23.6 Å². The Morgan fingerprint density at radius 2 is 2.10 bits per heavy atom. The topological polar surface area (TPSA) is 61.0 Å². The van der Waals surface area contributed by atoms with E-state index in [1.54, 1.807) is 0 Å². The Hall–Kier alpha value is -2.27. The summed E-state index contributed by atoms with van der Waals surface area (Å²) in [4.78, 5) is 9.10. The van der Waals surface area contributed by atoms with Gasteiger partial charge in [-0.2, -0.15) is 4.98 Å². The lowest BCUT2D eigenvalue weighted by Gasteiger charge is -2.03. The molecule has 1 unspecified atom stereocenters. The van der Waals surface area contributed by atoms with E-state index in [4.69, 9.17) is 9.26 Å². The highest BCUT2D eigenvalue weighted by Crippen LogP contribution is 2.30. The summed E-state index contributed by atoms with van der Waals surface area (Å²) in [5.74, 6) is 1.54. The van der Waals surface area contributed by atoms with E-state index in [1.807, 2.05) is 37.3 Å². The molecule has 0 radical (unpaired) electrons. The SMILES string of the molecule is Cc1cc(-c2nc(C3CCOC3)no2)c2ccccc2n1. The van der Waals surface area contributed by atoms with Crippen LogP contribution in [0.5, 0.6) is 0 Å². The minimum atomic E-state index is 0.247. The van der Waals surface area contributed by atoms with Gasteiger partial charge < -0.3 is 9.26 Å². The van der Waals surface area contributed by atoms with Crippen molar-refractivity contribution < 1.29 is 9.26 Å². The number of benzene rings is 1. The van der Waals surface area contributed by atoms with Gasteiger partial charge in [0.25, 0.3) is 5.89 Å². The first-order chi connectivity index (χ1) is 10.3. The van der Waals surface area contributed by atoms with Crippen LogP contribution >= 0.6 is 0 Å². The van der Waals surface area contributed by atoms with Crippen molar-refractivity contribution in [3.05, 3.63) is 41.9 Å². The summed E-state index contributed by atoms with van der Waals surface area (Å²) >= 11 is 0. The van der Waals surface area contributed by atoms with Crippen LogP contribution < -0.4 is 0 Å². The van der Waals surface area contributed by atoms with Crippen molar-refractivity contribution in [3.8, 4) is 11.5 Å². The van der Waals surface area contributed by atoms with Gasteiger partial charge in [-0.3, -0.25) is 4.98 Å². The third kappa shape index (κ3) is 2.19. The smallest absolute Gasteiger partial charge is 0.258 e. The summed E-state index contributed by atoms with van der Waals surface area (Å²) in [6.07, 6.45) is 0.953. The molecule has 0 bridgehead atoms. The summed E-state index contributed by atoms with van der Waals surface area (Å²) in [7, 11) is 0. The molecule has 1 aliphatic rings. The van der Waals surface area contributed by atoms with Gasteiger partial charge in [0.1, 0.15) is 0 Å². The highest BCUT2D eigenvalue weighted by molar-refractivity contribution is 5.92. The Balaban J connectivity index is 1.82. The second kappa shape index (κ2) is 4.93. The minimum Gasteiger partial charge on any atom is -0.381 e. The summed E-state index contributed by atoms with van der Waals surface area (Å²) in [5.41, 5.74) is 2.82. The van der Waals surface area contributed by atoms with Crippen LogP contribution in [0.25, 0.3) is 22.4 Å². The van der Waals surface area contributed by atoms with Gasteiger partial charge in [-0.05, 0) is 25.5 Å². The Morgan fingerprint density at radius 1 is 1.19 bits per heavy atom. The van der Waals surface area contributed by atoms with Crippen molar-refractivity contribution >= 4 is 10.9 Å². The first-order valence-electron chi connectivity index (χ1n) is 7.09. The average molecular weight is 281 g/mol. The summed E-state index contributed by atoms with van der Waals surface area (Å²) in [6.45, 7) is 3.42. The molecule has 5 heteroatoms. The number of pyridine rings is 1. The second-order valence-corrected chi connectivity index (χ2v) is 5.35. The molecule has 1 saturated heterocycles. The maximum absolute atomic E-state index is 5.48. The molecule has 1 fully saturated rings. The predicted octanol–water partition coefficient (Wildman–Crippen LogP) is 3.10. The molecule has 0 spiro atoms. The van der Waals surface area contributed by atoms with E-state index in [0.29, 0.717) is 12.5 Å². The van der Waals surface area contributed by atoms with E-state index in [9.17, 15) is 0 Å². The summed E-state index contributed by atoms with van der Waals surface area (Å²) < 4.78 is 10.9. The molecule has 0 aliphatic carbocycles. The number of nitrogens with zero attached hydrogens (tertiary/aromatic N) is 3. The maximum atomic E-state index is 5.48. The number of fused-ring (bicyclic) bond motifs is 1. The van der Waals surface area contributed by atoms with Gasteiger partial charge in [0.2, 0.25) is 0 Å². The molecular formula is C16H15N3O2. The Labute approximate surface area is 122 Å². The quantitative estimate of drug-likeness (QED) is 0.722. The number of hydrogen-bond donors (Lipinski definition) is 0. The lowest BCUT2D eigenvalue weighted by atomic mass is 10.1. The Kier molecular flexibility index (Phi) is 2.93. The molecule has 5 nitrogen and oxygen atoms in total. The standard InChI is InChI=1S/C16H15N3O2/c1-10-8-13(12-4-2-3-5-14(12)17-10)16-18-15(19-21-16)11-6-7-20-9-11/h2-5,8,11H,6-7,9H2,1H3. The van der Waals surface area contributed by atoms with Crippen LogP contribution in [0, 0.1) is 6.92 Å². The number of rotatable bonds is 2. The lowest BCUT2D eigenvalue weighted by molar-refractivity contribution is 0.192. The van der Waals surface area contributed by atoms with Crippen LogP contribution in [0.1, 0.15) is 23.9 Å². The molecule has 3 heterocycles. The van der Waals surface area contributed by atoms with Gasteiger partial charge in [-0.25, -0.2) is 0 Å². The van der Waals surface area contributed by atoms with Crippen LogP contribution in [-0.2, 0) is 4.74 Å². The fourth-order valence-corrected chi connectivity index (χ4v) is 2.73. The van der Waals surface area contributed by atoms with Crippen LogP contribution in [0.4, 0.5) is 0 Å². The molecule has 2 aromatic heterocycles. The van der Waals surface area contributed by atoms with E-state index in [1.165, 1.54) is 0 Å². The summed E-state index contributed by atoms with van der Waals surface area (Å²) in [5, 5.41) is 5.15. The highest BCUT2D eigenvalue weighted by atomic mass is 16.5. The van der Waals surface area contributed by atoms with Crippen molar-refractivity contribution in [2.45, 2.75) is 19.3 Å². The normalized spacial score (nSPS) is 18.4. The predicted molar refractivity (Wildman–Crippen MR) is 77.9 cm³/mol. The molecule has 1 atom stereocenters. The van der Waals surface area contributed by atoms with E-state index >= 15 is 0 Å². The van der Waals surface area contributed by atoms with E-state index < -0.39 is 0 Å². The maximum Gasteiger partial charge on any atom is 0.258 e. The van der Waals surface area contributed by atoms with Gasteiger partial charge in [0.05, 0.1) is 17.7 Å². The molecule has 1 aromatic carbocycles. The first-order valence-corrected chi connectivity index (χ1v) is 7.09. The number of para-hydroxylation sites is 1. The Morgan fingerprint density at radius 3 is 2.95 bits per heavy atom. The number of aryl methyl sites for hydroxylation is 1. The average Bonchev–Trinajstić information content (AvgIpc) is 3.17. The molecule has 0 saturated carbocycles. The summed E-state index contributed by atoms with van der Waals surface area (Å²) in [6, 6.07) is 9.98. The molecular weight excluding hydrogens is 266 g/mol. The Bertz CT molecular complexity index is 791. The van der Waals surface area contributed by atoms with Gasteiger partial charge in [-0.15, -0.1) is 0 Å². The molecule has 106 valence electrons. The zero-order valence-corrected chi connectivity index (χ0v) is 11.7. The molecule has 0 amide bonds. The molecule has 3 aromatic rings. The number of hydrogen-bond acceptors (Lipinski definition) is 5.